The van der Waals surface area contributed by atoms with Crippen molar-refractivity contribution in [3.63, 3.8) is 0 Å². The van der Waals surface area contributed by atoms with Crippen LogP contribution in [0.1, 0.15) is 50.1 Å². The first-order valence-corrected chi connectivity index (χ1v) is 7.33. The van der Waals surface area contributed by atoms with Crippen molar-refractivity contribution in [1.29, 1.82) is 0 Å². The van der Waals surface area contributed by atoms with Crippen molar-refractivity contribution in [2.75, 3.05) is 13.1 Å². The summed E-state index contributed by atoms with van der Waals surface area (Å²) in [5, 5.41) is 0. The summed E-state index contributed by atoms with van der Waals surface area (Å²) in [6.07, 6.45) is 13.0. The Morgan fingerprint density at radius 2 is 1.74 bits per heavy atom. The largest absolute Gasteiger partial charge is 0.296 e. The van der Waals surface area contributed by atoms with Crippen molar-refractivity contribution in [2.45, 2.75) is 50.1 Å². The van der Waals surface area contributed by atoms with E-state index in [1.165, 1.54) is 51.6 Å². The quantitative estimate of drug-likeness (QED) is 0.633. The zero-order valence-corrected chi connectivity index (χ0v) is 11.4. The molecule has 0 aromatic carbocycles. The Morgan fingerprint density at radius 1 is 1.11 bits per heavy atom. The molecule has 2 fully saturated rings. The lowest BCUT2D eigenvalue weighted by molar-refractivity contribution is 0.0761. The van der Waals surface area contributed by atoms with Gasteiger partial charge in [0.15, 0.2) is 0 Å². The van der Waals surface area contributed by atoms with Gasteiger partial charge in [-0.1, -0.05) is 12.8 Å². The van der Waals surface area contributed by atoms with Crippen molar-refractivity contribution in [2.24, 2.45) is 5.84 Å². The highest BCUT2D eigenvalue weighted by Gasteiger charge is 2.47. The maximum Gasteiger partial charge on any atom is 0.115 e. The van der Waals surface area contributed by atoms with Crippen molar-refractivity contribution in [1.82, 2.24) is 20.3 Å². The first-order chi connectivity index (χ1) is 9.37. The summed E-state index contributed by atoms with van der Waals surface area (Å²) in [6.45, 7) is 2.40. The van der Waals surface area contributed by atoms with Gasteiger partial charge in [-0.05, 0) is 38.8 Å². The predicted octanol–water partition coefficient (Wildman–Crippen LogP) is 1.39. The van der Waals surface area contributed by atoms with Gasteiger partial charge in [-0.15, -0.1) is 0 Å². The Bertz CT molecular complexity index is 396. The molecule has 1 saturated heterocycles. The average Bonchev–Trinajstić information content (AvgIpc) is 3.12. The molecule has 0 radical (unpaired) electrons. The van der Waals surface area contributed by atoms with E-state index in [2.05, 4.69) is 20.3 Å². The van der Waals surface area contributed by atoms with E-state index >= 15 is 0 Å². The molecule has 3 rings (SSSR count). The number of nitrogens with one attached hydrogen (secondary N) is 1. The molecular formula is C14H23N5. The van der Waals surface area contributed by atoms with Crippen LogP contribution in [0, 0.1) is 0 Å². The molecular weight excluding hydrogens is 238 g/mol. The Hall–Kier alpha value is -1.04. The summed E-state index contributed by atoms with van der Waals surface area (Å²) in [7, 11) is 0. The van der Waals surface area contributed by atoms with E-state index in [1.807, 2.05) is 12.4 Å². The highest BCUT2D eigenvalue weighted by molar-refractivity contribution is 5.19. The lowest BCUT2D eigenvalue weighted by Gasteiger charge is -2.44. The zero-order valence-electron chi connectivity index (χ0n) is 11.4. The first kappa shape index (κ1) is 13.0. The molecule has 5 nitrogen and oxygen atoms in total. The molecule has 0 amide bonds. The van der Waals surface area contributed by atoms with E-state index in [1.54, 1.807) is 6.33 Å². The highest BCUT2D eigenvalue weighted by Crippen LogP contribution is 2.45. The molecule has 1 atom stereocenters. The van der Waals surface area contributed by atoms with Crippen LogP contribution in [-0.4, -0.2) is 33.5 Å². The van der Waals surface area contributed by atoms with E-state index in [0.717, 1.165) is 5.56 Å². The molecule has 1 aliphatic carbocycles. The zero-order chi connectivity index (χ0) is 13.1. The molecule has 0 spiro atoms. The van der Waals surface area contributed by atoms with E-state index in [9.17, 15) is 0 Å². The molecule has 1 aromatic rings. The maximum atomic E-state index is 5.91. The number of hydrogen-bond donors (Lipinski definition) is 2. The maximum absolute atomic E-state index is 5.91. The van der Waals surface area contributed by atoms with E-state index < -0.39 is 0 Å². The van der Waals surface area contributed by atoms with Crippen molar-refractivity contribution in [3.05, 3.63) is 24.3 Å². The Balaban J connectivity index is 1.93. The van der Waals surface area contributed by atoms with Gasteiger partial charge in [0.1, 0.15) is 6.33 Å². The molecule has 19 heavy (non-hydrogen) atoms. The summed E-state index contributed by atoms with van der Waals surface area (Å²) in [4.78, 5) is 11.0. The predicted molar refractivity (Wildman–Crippen MR) is 74.1 cm³/mol. The standard InChI is InChI=1S/C14H23N5/c15-18-13(12-9-16-11-17-10-12)14(5-1-2-6-14)19-7-3-4-8-19/h9-11,13,18H,1-8,15H2. The third kappa shape index (κ3) is 2.26. The van der Waals surface area contributed by atoms with E-state index in [0.29, 0.717) is 0 Å². The summed E-state index contributed by atoms with van der Waals surface area (Å²) < 4.78 is 0. The normalized spacial score (nSPS) is 24.7. The molecule has 1 unspecified atom stereocenters. The van der Waals surface area contributed by atoms with Gasteiger partial charge in [0.2, 0.25) is 0 Å². The number of aromatic nitrogens is 2. The topological polar surface area (TPSA) is 67.1 Å². The minimum atomic E-state index is 0.134. The Kier molecular flexibility index (Phi) is 3.77. The van der Waals surface area contributed by atoms with Crippen LogP contribution in [0.5, 0.6) is 0 Å². The summed E-state index contributed by atoms with van der Waals surface area (Å²) in [5.74, 6) is 5.91. The van der Waals surface area contributed by atoms with Crippen molar-refractivity contribution >= 4 is 0 Å². The Morgan fingerprint density at radius 3 is 2.32 bits per heavy atom. The first-order valence-electron chi connectivity index (χ1n) is 7.33. The van der Waals surface area contributed by atoms with Crippen LogP contribution >= 0.6 is 0 Å². The van der Waals surface area contributed by atoms with Gasteiger partial charge in [-0.25, -0.2) is 9.97 Å². The van der Waals surface area contributed by atoms with Gasteiger partial charge in [-0.3, -0.25) is 16.2 Å². The number of nitrogens with two attached hydrogens (primary N) is 1. The van der Waals surface area contributed by atoms with Gasteiger partial charge >= 0.3 is 0 Å². The molecule has 1 saturated carbocycles. The molecule has 2 aliphatic rings. The van der Waals surface area contributed by atoms with E-state index in [4.69, 9.17) is 5.84 Å². The smallest absolute Gasteiger partial charge is 0.115 e. The third-order valence-electron chi connectivity index (χ3n) is 4.82. The van der Waals surface area contributed by atoms with Gasteiger partial charge in [0.25, 0.3) is 0 Å². The second-order valence-electron chi connectivity index (χ2n) is 5.78. The number of likely N-dealkylation sites (tertiary alicyclic amines) is 1. The van der Waals surface area contributed by atoms with Crippen LogP contribution in [0.4, 0.5) is 0 Å². The number of nitrogens with zero attached hydrogens (tertiary/aromatic N) is 3. The van der Waals surface area contributed by atoms with Crippen LogP contribution in [0.2, 0.25) is 0 Å². The third-order valence-corrected chi connectivity index (χ3v) is 4.82. The minimum absolute atomic E-state index is 0.134. The van der Waals surface area contributed by atoms with Crippen LogP contribution in [-0.2, 0) is 0 Å². The number of rotatable bonds is 4. The van der Waals surface area contributed by atoms with Gasteiger partial charge in [0.05, 0.1) is 6.04 Å². The second kappa shape index (κ2) is 5.53. The molecule has 1 aliphatic heterocycles. The SMILES string of the molecule is NNC(c1cncnc1)C1(N2CCCC2)CCCC1. The summed E-state index contributed by atoms with van der Waals surface area (Å²) in [6, 6.07) is 0.134. The van der Waals surface area contributed by atoms with Gasteiger partial charge < -0.3 is 0 Å². The van der Waals surface area contributed by atoms with Gasteiger partial charge in [0, 0.05) is 23.5 Å². The lowest BCUT2D eigenvalue weighted by atomic mass is 9.83. The van der Waals surface area contributed by atoms with Crippen LogP contribution in [0.3, 0.4) is 0 Å². The monoisotopic (exact) mass is 261 g/mol. The van der Waals surface area contributed by atoms with Crippen molar-refractivity contribution < 1.29 is 0 Å². The van der Waals surface area contributed by atoms with Gasteiger partial charge in [-0.2, -0.15) is 0 Å². The summed E-state index contributed by atoms with van der Waals surface area (Å²) >= 11 is 0. The van der Waals surface area contributed by atoms with Crippen LogP contribution < -0.4 is 11.3 Å². The molecule has 104 valence electrons. The fraction of sp³-hybridized carbons (Fsp3) is 0.714. The molecule has 1 aromatic heterocycles. The van der Waals surface area contributed by atoms with Crippen LogP contribution in [0.25, 0.3) is 0 Å². The summed E-state index contributed by atoms with van der Waals surface area (Å²) in [5.41, 5.74) is 4.33. The number of hydrogen-bond acceptors (Lipinski definition) is 5. The van der Waals surface area contributed by atoms with E-state index in [-0.39, 0.29) is 11.6 Å². The average molecular weight is 261 g/mol. The fourth-order valence-corrected chi connectivity index (χ4v) is 3.96. The molecule has 3 N–H and O–H groups in total. The molecule has 5 heteroatoms. The lowest BCUT2D eigenvalue weighted by Crippen LogP contribution is -2.55. The molecule has 0 bridgehead atoms. The van der Waals surface area contributed by atoms with Crippen LogP contribution in [0.15, 0.2) is 18.7 Å². The Labute approximate surface area is 114 Å². The highest BCUT2D eigenvalue weighted by atomic mass is 15.3. The van der Waals surface area contributed by atoms with Crippen molar-refractivity contribution in [3.8, 4) is 0 Å². The second-order valence-corrected chi connectivity index (χ2v) is 5.78. The fourth-order valence-electron chi connectivity index (χ4n) is 3.96. The molecule has 2 heterocycles. The minimum Gasteiger partial charge on any atom is -0.296 e. The number of hydrazine groups is 1.